The number of carbonyl (C=O) groups excluding carboxylic acids is 3. The van der Waals surface area contributed by atoms with Crippen molar-refractivity contribution in [1.82, 2.24) is 10.6 Å². The molecule has 1 aromatic rings. The standard InChI is InChI=1S/C21H26N2O6/c1-7-8-13-28-16-11-9-15(10-12-16)18(24)23-17(19(25)27-6)14(2)22-20(26)29-21(3,4)5/h9-12,17H,2,13H2,1,3-6H3,(H,22,26)(H,23,24)/t17-/m0/s1. The van der Waals surface area contributed by atoms with Gasteiger partial charge in [0, 0.05) is 11.3 Å². The molecule has 0 saturated carbocycles. The fourth-order valence-electron chi connectivity index (χ4n) is 2.02. The van der Waals surface area contributed by atoms with Crippen molar-refractivity contribution in [3.8, 4) is 17.6 Å². The number of nitrogens with one attached hydrogen (secondary N) is 2. The smallest absolute Gasteiger partial charge is 0.411 e. The molecule has 1 atom stereocenters. The molecule has 8 heteroatoms. The number of ether oxygens (including phenoxy) is 3. The zero-order chi connectivity index (χ0) is 22.0. The molecule has 0 fully saturated rings. The van der Waals surface area contributed by atoms with Gasteiger partial charge in [0.1, 0.15) is 18.0 Å². The first-order valence-electron chi connectivity index (χ1n) is 8.77. The molecule has 29 heavy (non-hydrogen) atoms. The quantitative estimate of drug-likeness (QED) is 0.536. The van der Waals surface area contributed by atoms with Crippen molar-refractivity contribution in [1.29, 1.82) is 0 Å². The topological polar surface area (TPSA) is 103 Å². The number of esters is 1. The minimum Gasteiger partial charge on any atom is -0.481 e. The molecule has 0 spiro atoms. The highest BCUT2D eigenvalue weighted by molar-refractivity contribution is 5.97. The third-order valence-electron chi connectivity index (χ3n) is 3.33. The number of carbonyl (C=O) groups is 3. The summed E-state index contributed by atoms with van der Waals surface area (Å²) in [5.74, 6) is 4.66. The lowest BCUT2D eigenvalue weighted by Gasteiger charge is -2.23. The Hall–Kier alpha value is -3.47. The van der Waals surface area contributed by atoms with Gasteiger partial charge in [-0.05, 0) is 52.0 Å². The summed E-state index contributed by atoms with van der Waals surface area (Å²) in [5.41, 5.74) is -0.545. The van der Waals surface area contributed by atoms with E-state index < -0.39 is 29.6 Å². The highest BCUT2D eigenvalue weighted by Crippen LogP contribution is 2.13. The van der Waals surface area contributed by atoms with Gasteiger partial charge in [-0.1, -0.05) is 12.5 Å². The van der Waals surface area contributed by atoms with E-state index in [2.05, 4.69) is 33.8 Å². The molecular weight excluding hydrogens is 376 g/mol. The van der Waals surface area contributed by atoms with E-state index in [0.717, 1.165) is 7.11 Å². The molecule has 0 heterocycles. The zero-order valence-electron chi connectivity index (χ0n) is 17.3. The van der Waals surface area contributed by atoms with Crippen LogP contribution in [0.5, 0.6) is 5.75 Å². The Morgan fingerprint density at radius 2 is 1.79 bits per heavy atom. The molecule has 0 aliphatic heterocycles. The molecule has 1 aromatic carbocycles. The van der Waals surface area contributed by atoms with Crippen LogP contribution in [-0.4, -0.2) is 43.3 Å². The van der Waals surface area contributed by atoms with Gasteiger partial charge < -0.3 is 19.5 Å². The SMILES string of the molecule is C=C(NC(=O)OC(C)(C)C)[C@H](NC(=O)c1ccc(OCC#CC)cc1)C(=O)OC. The van der Waals surface area contributed by atoms with Gasteiger partial charge in [0.15, 0.2) is 6.04 Å². The highest BCUT2D eigenvalue weighted by Gasteiger charge is 2.27. The number of alkyl carbamates (subject to hydrolysis) is 1. The predicted molar refractivity (Wildman–Crippen MR) is 107 cm³/mol. The first-order chi connectivity index (χ1) is 13.6. The van der Waals surface area contributed by atoms with Crippen molar-refractivity contribution in [2.75, 3.05) is 13.7 Å². The average molecular weight is 402 g/mol. The zero-order valence-corrected chi connectivity index (χ0v) is 17.3. The summed E-state index contributed by atoms with van der Waals surface area (Å²) >= 11 is 0. The summed E-state index contributed by atoms with van der Waals surface area (Å²) in [6.07, 6.45) is -0.803. The normalized spacial score (nSPS) is 11.2. The van der Waals surface area contributed by atoms with Crippen LogP contribution >= 0.6 is 0 Å². The summed E-state index contributed by atoms with van der Waals surface area (Å²) < 4.78 is 15.2. The van der Waals surface area contributed by atoms with E-state index in [1.165, 1.54) is 12.1 Å². The van der Waals surface area contributed by atoms with Gasteiger partial charge >= 0.3 is 12.1 Å². The van der Waals surface area contributed by atoms with Gasteiger partial charge in [-0.15, -0.1) is 5.92 Å². The van der Waals surface area contributed by atoms with E-state index in [1.807, 2.05) is 0 Å². The molecule has 0 radical (unpaired) electrons. The highest BCUT2D eigenvalue weighted by atomic mass is 16.6. The lowest BCUT2D eigenvalue weighted by Crippen LogP contribution is -2.47. The minimum atomic E-state index is -1.30. The van der Waals surface area contributed by atoms with Crippen molar-refractivity contribution in [3.63, 3.8) is 0 Å². The lowest BCUT2D eigenvalue weighted by atomic mass is 10.1. The van der Waals surface area contributed by atoms with E-state index in [9.17, 15) is 14.4 Å². The van der Waals surface area contributed by atoms with Crippen LogP contribution in [0.25, 0.3) is 0 Å². The Morgan fingerprint density at radius 1 is 1.17 bits per heavy atom. The van der Waals surface area contributed by atoms with Crippen LogP contribution in [0.2, 0.25) is 0 Å². The Bertz CT molecular complexity index is 812. The summed E-state index contributed by atoms with van der Waals surface area (Å²) in [7, 11) is 1.16. The van der Waals surface area contributed by atoms with Crippen LogP contribution in [0, 0.1) is 11.8 Å². The van der Waals surface area contributed by atoms with Crippen molar-refractivity contribution < 1.29 is 28.6 Å². The minimum absolute atomic E-state index is 0.0856. The van der Waals surface area contributed by atoms with Gasteiger partial charge in [-0.2, -0.15) is 0 Å². The lowest BCUT2D eigenvalue weighted by molar-refractivity contribution is -0.141. The number of rotatable bonds is 7. The maximum atomic E-state index is 12.5. The van der Waals surface area contributed by atoms with Crippen molar-refractivity contribution >= 4 is 18.0 Å². The monoisotopic (exact) mass is 402 g/mol. The van der Waals surface area contributed by atoms with E-state index in [0.29, 0.717) is 5.75 Å². The number of hydrogen-bond donors (Lipinski definition) is 2. The maximum Gasteiger partial charge on any atom is 0.411 e. The molecule has 2 amide bonds. The van der Waals surface area contributed by atoms with Gasteiger partial charge in [0.25, 0.3) is 5.91 Å². The van der Waals surface area contributed by atoms with Crippen LogP contribution in [0.15, 0.2) is 36.5 Å². The predicted octanol–water partition coefficient (Wildman–Crippen LogP) is 2.40. The fourth-order valence-corrected chi connectivity index (χ4v) is 2.02. The van der Waals surface area contributed by atoms with Crippen LogP contribution in [0.4, 0.5) is 4.79 Å². The summed E-state index contributed by atoms with van der Waals surface area (Å²) in [4.78, 5) is 36.5. The Morgan fingerprint density at radius 3 is 2.31 bits per heavy atom. The Balaban J connectivity index is 2.82. The first kappa shape index (κ1) is 23.6. The van der Waals surface area contributed by atoms with Crippen LogP contribution in [0.1, 0.15) is 38.1 Å². The van der Waals surface area contributed by atoms with E-state index in [1.54, 1.807) is 39.8 Å². The van der Waals surface area contributed by atoms with Crippen LogP contribution in [-0.2, 0) is 14.3 Å². The second-order valence-electron chi connectivity index (χ2n) is 6.82. The molecule has 0 unspecified atom stereocenters. The first-order valence-corrected chi connectivity index (χ1v) is 8.77. The Kier molecular flexibility index (Phi) is 8.74. The second-order valence-corrected chi connectivity index (χ2v) is 6.82. The van der Waals surface area contributed by atoms with Crippen molar-refractivity contribution in [2.24, 2.45) is 0 Å². The molecule has 1 rings (SSSR count). The van der Waals surface area contributed by atoms with Crippen LogP contribution < -0.4 is 15.4 Å². The molecule has 0 bridgehead atoms. The number of amides is 2. The second kappa shape index (κ2) is 10.8. The fraction of sp³-hybridized carbons (Fsp3) is 0.381. The van der Waals surface area contributed by atoms with E-state index >= 15 is 0 Å². The van der Waals surface area contributed by atoms with Gasteiger partial charge in [0.05, 0.1) is 7.11 Å². The summed E-state index contributed by atoms with van der Waals surface area (Å²) in [5, 5.41) is 4.82. The summed E-state index contributed by atoms with van der Waals surface area (Å²) in [6.45, 7) is 10.7. The number of methoxy groups -OCH3 is 1. The number of hydrogen-bond acceptors (Lipinski definition) is 6. The molecule has 8 nitrogen and oxygen atoms in total. The average Bonchev–Trinajstić information content (AvgIpc) is 2.64. The molecular formula is C21H26N2O6. The Labute approximate surface area is 170 Å². The molecule has 156 valence electrons. The van der Waals surface area contributed by atoms with Crippen molar-refractivity contribution in [3.05, 3.63) is 42.1 Å². The molecule has 0 saturated heterocycles. The molecule has 0 aliphatic rings. The van der Waals surface area contributed by atoms with Gasteiger partial charge in [-0.25, -0.2) is 9.59 Å². The van der Waals surface area contributed by atoms with Crippen LogP contribution in [0.3, 0.4) is 0 Å². The van der Waals surface area contributed by atoms with Crippen molar-refractivity contribution in [2.45, 2.75) is 39.3 Å². The number of benzene rings is 1. The van der Waals surface area contributed by atoms with Gasteiger partial charge in [0.2, 0.25) is 0 Å². The summed E-state index contributed by atoms with van der Waals surface area (Å²) in [6, 6.07) is 4.97. The molecule has 2 N–H and O–H groups in total. The maximum absolute atomic E-state index is 12.5. The largest absolute Gasteiger partial charge is 0.481 e. The molecule has 0 aliphatic carbocycles. The van der Waals surface area contributed by atoms with E-state index in [4.69, 9.17) is 9.47 Å². The third-order valence-corrected chi connectivity index (χ3v) is 3.33. The third kappa shape index (κ3) is 8.39. The molecule has 0 aromatic heterocycles. The van der Waals surface area contributed by atoms with Gasteiger partial charge in [-0.3, -0.25) is 10.1 Å². The van der Waals surface area contributed by atoms with E-state index in [-0.39, 0.29) is 17.9 Å².